The number of piperazine rings is 1. The number of carbonyl (C=O) groups excluding carboxylic acids is 1. The molecule has 0 unspecified atom stereocenters. The SMILES string of the molecule is Cc1n[nH]c(C)c1[C@H](N)C(=O)N1CCN(c2ccc3nccn3n2)CC1. The van der Waals surface area contributed by atoms with Crippen molar-refractivity contribution in [3.63, 3.8) is 0 Å². The van der Waals surface area contributed by atoms with Crippen LogP contribution in [0.25, 0.3) is 5.65 Å². The third kappa shape index (κ3) is 2.80. The number of rotatable bonds is 3. The number of nitrogens with zero attached hydrogens (tertiary/aromatic N) is 6. The summed E-state index contributed by atoms with van der Waals surface area (Å²) in [4.78, 5) is 21.0. The molecule has 9 nitrogen and oxygen atoms in total. The number of imidazole rings is 1. The van der Waals surface area contributed by atoms with Crippen molar-refractivity contribution in [2.75, 3.05) is 31.1 Å². The second-order valence-electron chi connectivity index (χ2n) is 6.56. The molecule has 0 bridgehead atoms. The van der Waals surface area contributed by atoms with Gasteiger partial charge in [0, 0.05) is 49.8 Å². The summed E-state index contributed by atoms with van der Waals surface area (Å²) < 4.78 is 1.76. The van der Waals surface area contributed by atoms with Crippen LogP contribution in [0.15, 0.2) is 24.5 Å². The molecule has 0 aromatic carbocycles. The molecule has 136 valence electrons. The van der Waals surface area contributed by atoms with Crippen LogP contribution in [0.5, 0.6) is 0 Å². The normalized spacial score (nSPS) is 16.3. The first-order chi connectivity index (χ1) is 12.5. The molecule has 3 N–H and O–H groups in total. The van der Waals surface area contributed by atoms with E-state index in [0.29, 0.717) is 13.1 Å². The predicted molar refractivity (Wildman–Crippen MR) is 96.8 cm³/mol. The summed E-state index contributed by atoms with van der Waals surface area (Å²) in [7, 11) is 0. The molecule has 0 spiro atoms. The maximum Gasteiger partial charge on any atom is 0.244 e. The molecule has 1 atom stereocenters. The molecule has 1 fully saturated rings. The lowest BCUT2D eigenvalue weighted by Crippen LogP contribution is -2.51. The van der Waals surface area contributed by atoms with Gasteiger partial charge in [-0.3, -0.25) is 9.89 Å². The third-order valence-electron chi connectivity index (χ3n) is 4.92. The van der Waals surface area contributed by atoms with Gasteiger partial charge < -0.3 is 15.5 Å². The number of hydrogen-bond donors (Lipinski definition) is 2. The van der Waals surface area contributed by atoms with Crippen molar-refractivity contribution in [1.29, 1.82) is 0 Å². The Hall–Kier alpha value is -2.94. The zero-order valence-electron chi connectivity index (χ0n) is 14.9. The number of anilines is 1. The van der Waals surface area contributed by atoms with E-state index in [1.54, 1.807) is 10.7 Å². The lowest BCUT2D eigenvalue weighted by molar-refractivity contribution is -0.133. The van der Waals surface area contributed by atoms with Gasteiger partial charge in [-0.2, -0.15) is 5.10 Å². The summed E-state index contributed by atoms with van der Waals surface area (Å²) in [6, 6.07) is 3.23. The third-order valence-corrected chi connectivity index (χ3v) is 4.92. The second-order valence-corrected chi connectivity index (χ2v) is 6.56. The van der Waals surface area contributed by atoms with Crippen molar-refractivity contribution in [1.82, 2.24) is 29.7 Å². The summed E-state index contributed by atoms with van der Waals surface area (Å²) in [6.07, 6.45) is 3.55. The first-order valence-corrected chi connectivity index (χ1v) is 8.66. The van der Waals surface area contributed by atoms with Crippen LogP contribution in [0.4, 0.5) is 5.82 Å². The zero-order valence-corrected chi connectivity index (χ0v) is 14.9. The molecule has 0 saturated carbocycles. The van der Waals surface area contributed by atoms with E-state index in [2.05, 4.69) is 25.2 Å². The second kappa shape index (κ2) is 6.41. The molecule has 3 aromatic rings. The number of carbonyl (C=O) groups is 1. The number of hydrogen-bond acceptors (Lipinski definition) is 6. The van der Waals surface area contributed by atoms with Gasteiger partial charge >= 0.3 is 0 Å². The van der Waals surface area contributed by atoms with Crippen molar-refractivity contribution in [2.45, 2.75) is 19.9 Å². The molecular weight excluding hydrogens is 332 g/mol. The van der Waals surface area contributed by atoms with Crippen molar-refractivity contribution in [2.24, 2.45) is 5.73 Å². The van der Waals surface area contributed by atoms with Crippen LogP contribution < -0.4 is 10.6 Å². The summed E-state index contributed by atoms with van der Waals surface area (Å²) >= 11 is 0. The van der Waals surface area contributed by atoms with Gasteiger partial charge in [-0.1, -0.05) is 0 Å². The van der Waals surface area contributed by atoms with E-state index in [-0.39, 0.29) is 5.91 Å². The van der Waals surface area contributed by atoms with Crippen LogP contribution in [0, 0.1) is 13.8 Å². The van der Waals surface area contributed by atoms with E-state index in [4.69, 9.17) is 5.73 Å². The van der Waals surface area contributed by atoms with Crippen molar-refractivity contribution >= 4 is 17.4 Å². The van der Waals surface area contributed by atoms with Gasteiger partial charge in [-0.25, -0.2) is 9.50 Å². The topological polar surface area (TPSA) is 108 Å². The number of aryl methyl sites for hydroxylation is 2. The monoisotopic (exact) mass is 354 g/mol. The summed E-state index contributed by atoms with van der Waals surface area (Å²) in [6.45, 7) is 6.42. The van der Waals surface area contributed by atoms with Gasteiger partial charge in [0.2, 0.25) is 5.91 Å². The molecule has 26 heavy (non-hydrogen) atoms. The van der Waals surface area contributed by atoms with Gasteiger partial charge in [-0.05, 0) is 26.0 Å². The number of amides is 1. The van der Waals surface area contributed by atoms with E-state index >= 15 is 0 Å². The van der Waals surface area contributed by atoms with Gasteiger partial charge in [0.1, 0.15) is 11.9 Å². The first kappa shape index (κ1) is 16.5. The van der Waals surface area contributed by atoms with E-state index in [1.807, 2.05) is 37.1 Å². The molecule has 1 amide bonds. The van der Waals surface area contributed by atoms with Gasteiger partial charge in [0.15, 0.2) is 5.65 Å². The number of aromatic nitrogens is 5. The standard InChI is InChI=1S/C17H22N8O/c1-11-15(12(2)21-20-11)16(18)17(26)24-9-7-23(8-10-24)14-4-3-13-19-5-6-25(13)22-14/h3-6,16H,7-10,18H2,1-2H3,(H,20,21)/t16-/m0/s1. The van der Waals surface area contributed by atoms with E-state index in [1.165, 1.54) is 0 Å². The number of fused-ring (bicyclic) bond motifs is 1. The molecule has 1 aliphatic heterocycles. The highest BCUT2D eigenvalue weighted by atomic mass is 16.2. The molecule has 0 aliphatic carbocycles. The lowest BCUT2D eigenvalue weighted by Gasteiger charge is -2.36. The van der Waals surface area contributed by atoms with Crippen molar-refractivity contribution in [3.05, 3.63) is 41.5 Å². The maximum atomic E-state index is 12.8. The van der Waals surface area contributed by atoms with Crippen molar-refractivity contribution < 1.29 is 4.79 Å². The smallest absolute Gasteiger partial charge is 0.244 e. The Kier molecular flexibility index (Phi) is 4.08. The summed E-state index contributed by atoms with van der Waals surface area (Å²) in [5.41, 5.74) is 9.46. The highest BCUT2D eigenvalue weighted by Crippen LogP contribution is 2.21. The summed E-state index contributed by atoms with van der Waals surface area (Å²) in [5, 5.41) is 11.6. The van der Waals surface area contributed by atoms with Crippen LogP contribution in [0.1, 0.15) is 23.0 Å². The molecule has 1 saturated heterocycles. The molecule has 4 rings (SSSR count). The molecule has 0 radical (unpaired) electrons. The van der Waals surface area contributed by atoms with Gasteiger partial charge in [-0.15, -0.1) is 5.10 Å². The molecular formula is C17H22N8O. The summed E-state index contributed by atoms with van der Waals surface area (Å²) in [5.74, 6) is 0.823. The number of nitrogens with one attached hydrogen (secondary N) is 1. The lowest BCUT2D eigenvalue weighted by atomic mass is 10.0. The highest BCUT2D eigenvalue weighted by molar-refractivity contribution is 5.84. The minimum atomic E-state index is -0.680. The highest BCUT2D eigenvalue weighted by Gasteiger charge is 2.29. The van der Waals surface area contributed by atoms with Gasteiger partial charge in [0.25, 0.3) is 0 Å². The molecule has 1 aliphatic rings. The number of aromatic amines is 1. The van der Waals surface area contributed by atoms with Crippen LogP contribution >= 0.6 is 0 Å². The number of nitrogens with two attached hydrogens (primary N) is 1. The van der Waals surface area contributed by atoms with Gasteiger partial charge in [0.05, 0.1) is 5.69 Å². The molecule has 9 heteroatoms. The fraction of sp³-hybridized carbons (Fsp3) is 0.412. The fourth-order valence-electron chi connectivity index (χ4n) is 3.47. The minimum Gasteiger partial charge on any atom is -0.352 e. The van der Waals surface area contributed by atoms with Crippen LogP contribution in [0.3, 0.4) is 0 Å². The van der Waals surface area contributed by atoms with Crippen LogP contribution in [-0.2, 0) is 4.79 Å². The van der Waals surface area contributed by atoms with E-state index < -0.39 is 6.04 Å². The number of H-pyrrole nitrogens is 1. The average Bonchev–Trinajstić information content (AvgIpc) is 3.26. The average molecular weight is 354 g/mol. The van der Waals surface area contributed by atoms with Crippen LogP contribution in [0.2, 0.25) is 0 Å². The van der Waals surface area contributed by atoms with E-state index in [0.717, 1.165) is 41.5 Å². The molecule has 3 aromatic heterocycles. The Bertz CT molecular complexity index is 918. The predicted octanol–water partition coefficient (Wildman–Crippen LogP) is 0.418. The van der Waals surface area contributed by atoms with Crippen molar-refractivity contribution in [3.8, 4) is 0 Å². The Morgan fingerprint density at radius 2 is 2.00 bits per heavy atom. The largest absolute Gasteiger partial charge is 0.352 e. The molecule has 4 heterocycles. The Morgan fingerprint density at radius 3 is 2.69 bits per heavy atom. The quantitative estimate of drug-likeness (QED) is 0.706. The van der Waals surface area contributed by atoms with E-state index in [9.17, 15) is 4.79 Å². The minimum absolute atomic E-state index is 0.0599. The fourth-order valence-corrected chi connectivity index (χ4v) is 3.47. The Morgan fingerprint density at radius 1 is 1.23 bits per heavy atom. The Labute approximate surface area is 150 Å². The Balaban J connectivity index is 1.43. The first-order valence-electron chi connectivity index (χ1n) is 8.66. The maximum absolute atomic E-state index is 12.8. The zero-order chi connectivity index (χ0) is 18.3. The van der Waals surface area contributed by atoms with Crippen LogP contribution in [-0.4, -0.2) is 61.8 Å².